The summed E-state index contributed by atoms with van der Waals surface area (Å²) in [4.78, 5) is 12.9. The van der Waals surface area contributed by atoms with Gasteiger partial charge in [0.05, 0.1) is 13.0 Å². The number of benzene rings is 2. The highest BCUT2D eigenvalue weighted by Crippen LogP contribution is 2.44. The fourth-order valence-electron chi connectivity index (χ4n) is 3.02. The second-order valence-electron chi connectivity index (χ2n) is 5.57. The third-order valence-electron chi connectivity index (χ3n) is 4.39. The molecule has 2 aromatic rings. The molecule has 2 nitrogen and oxygen atoms in total. The predicted octanol–water partition coefficient (Wildman–Crippen LogP) is 5.12. The molecule has 0 amide bonds. The second-order valence-corrected chi connectivity index (χ2v) is 6.00. The van der Waals surface area contributed by atoms with Crippen molar-refractivity contribution < 1.29 is 9.53 Å². The Labute approximate surface area is 135 Å². The molecule has 1 aliphatic rings. The molecule has 0 radical (unpaired) electrons. The molecule has 1 aliphatic carbocycles. The molecule has 0 spiro atoms. The van der Waals surface area contributed by atoms with Crippen molar-refractivity contribution in [2.45, 2.75) is 19.8 Å². The standard InChI is InChI=1S/C19H17ClO2/c1-11-12(2)18(16-9-8-15(22-3)10-17(11)16)19(21)13-4-6-14(20)7-5-13/h4-10,18H,1-3H3. The van der Waals surface area contributed by atoms with Crippen LogP contribution in [0, 0.1) is 0 Å². The van der Waals surface area contributed by atoms with E-state index in [-0.39, 0.29) is 11.7 Å². The lowest BCUT2D eigenvalue weighted by Gasteiger charge is -2.14. The van der Waals surface area contributed by atoms with E-state index in [2.05, 4.69) is 6.92 Å². The number of ether oxygens (including phenoxy) is 1. The predicted molar refractivity (Wildman–Crippen MR) is 89.8 cm³/mol. The minimum Gasteiger partial charge on any atom is -0.497 e. The molecular formula is C19H17ClO2. The van der Waals surface area contributed by atoms with Crippen molar-refractivity contribution in [3.8, 4) is 5.75 Å². The highest BCUT2D eigenvalue weighted by molar-refractivity contribution is 6.30. The Morgan fingerprint density at radius 2 is 1.77 bits per heavy atom. The van der Waals surface area contributed by atoms with E-state index < -0.39 is 0 Å². The van der Waals surface area contributed by atoms with Crippen molar-refractivity contribution >= 4 is 23.0 Å². The third-order valence-corrected chi connectivity index (χ3v) is 4.64. The molecule has 0 aromatic heterocycles. The minimum atomic E-state index is -0.220. The Kier molecular flexibility index (Phi) is 3.79. The van der Waals surface area contributed by atoms with Gasteiger partial charge in [-0.25, -0.2) is 0 Å². The first-order chi connectivity index (χ1) is 10.5. The van der Waals surface area contributed by atoms with Crippen molar-refractivity contribution in [1.82, 2.24) is 0 Å². The van der Waals surface area contributed by atoms with Gasteiger partial charge in [0.15, 0.2) is 5.78 Å². The lowest BCUT2D eigenvalue weighted by atomic mass is 9.88. The fraction of sp³-hybridized carbons (Fsp3) is 0.211. The largest absolute Gasteiger partial charge is 0.497 e. The summed E-state index contributed by atoms with van der Waals surface area (Å²) in [7, 11) is 1.65. The summed E-state index contributed by atoms with van der Waals surface area (Å²) in [5.74, 6) is 0.699. The summed E-state index contributed by atoms with van der Waals surface area (Å²) in [6, 6.07) is 13.0. The first-order valence-electron chi connectivity index (χ1n) is 7.18. The molecule has 2 aromatic carbocycles. The highest BCUT2D eigenvalue weighted by Gasteiger charge is 2.32. The lowest BCUT2D eigenvalue weighted by Crippen LogP contribution is -2.12. The maximum Gasteiger partial charge on any atom is 0.174 e. The Hall–Kier alpha value is -2.06. The molecule has 3 rings (SSSR count). The van der Waals surface area contributed by atoms with Crippen LogP contribution >= 0.6 is 11.6 Å². The molecule has 1 unspecified atom stereocenters. The van der Waals surface area contributed by atoms with E-state index in [9.17, 15) is 4.79 Å². The zero-order chi connectivity index (χ0) is 15.9. The van der Waals surface area contributed by atoms with Gasteiger partial charge in [0.2, 0.25) is 0 Å². The Balaban J connectivity index is 2.06. The molecule has 0 heterocycles. The Bertz CT molecular complexity index is 773. The van der Waals surface area contributed by atoms with E-state index >= 15 is 0 Å². The molecule has 0 saturated heterocycles. The van der Waals surface area contributed by atoms with Gasteiger partial charge in [0.1, 0.15) is 5.75 Å². The van der Waals surface area contributed by atoms with Gasteiger partial charge in [-0.3, -0.25) is 4.79 Å². The third kappa shape index (κ3) is 2.34. The molecule has 1 atom stereocenters. The van der Waals surface area contributed by atoms with Crippen molar-refractivity contribution in [1.29, 1.82) is 0 Å². The first-order valence-corrected chi connectivity index (χ1v) is 7.56. The van der Waals surface area contributed by atoms with Crippen molar-refractivity contribution in [2.24, 2.45) is 0 Å². The van der Waals surface area contributed by atoms with Crippen LogP contribution in [0.2, 0.25) is 5.02 Å². The number of carbonyl (C=O) groups excluding carboxylic acids is 1. The monoisotopic (exact) mass is 312 g/mol. The van der Waals surface area contributed by atoms with Crippen LogP contribution < -0.4 is 4.74 Å². The van der Waals surface area contributed by atoms with Gasteiger partial charge in [-0.1, -0.05) is 23.2 Å². The van der Waals surface area contributed by atoms with Gasteiger partial charge in [-0.15, -0.1) is 0 Å². The van der Waals surface area contributed by atoms with E-state index in [0.29, 0.717) is 10.6 Å². The van der Waals surface area contributed by atoms with E-state index in [1.54, 1.807) is 31.4 Å². The molecular weight excluding hydrogens is 296 g/mol. The van der Waals surface area contributed by atoms with Crippen LogP contribution in [0.25, 0.3) is 5.57 Å². The van der Waals surface area contributed by atoms with Crippen LogP contribution in [0.3, 0.4) is 0 Å². The quantitative estimate of drug-likeness (QED) is 0.735. The van der Waals surface area contributed by atoms with Crippen LogP contribution in [0.1, 0.15) is 41.3 Å². The average Bonchev–Trinajstić information content (AvgIpc) is 2.78. The molecule has 0 fully saturated rings. The topological polar surface area (TPSA) is 26.3 Å². The number of rotatable bonds is 3. The van der Waals surface area contributed by atoms with Crippen molar-refractivity contribution in [2.75, 3.05) is 7.11 Å². The van der Waals surface area contributed by atoms with Crippen LogP contribution in [-0.4, -0.2) is 12.9 Å². The number of ketones is 1. The SMILES string of the molecule is COc1ccc2c(c1)C(C)=C(C)C2C(=O)c1ccc(Cl)cc1. The van der Waals surface area contributed by atoms with E-state index in [1.807, 2.05) is 25.1 Å². The van der Waals surface area contributed by atoms with Crippen LogP contribution in [0.15, 0.2) is 48.0 Å². The molecule has 3 heteroatoms. The molecule has 0 N–H and O–H groups in total. The van der Waals surface area contributed by atoms with E-state index in [4.69, 9.17) is 16.3 Å². The number of halogens is 1. The fourth-order valence-corrected chi connectivity index (χ4v) is 3.15. The van der Waals surface area contributed by atoms with Gasteiger partial charge in [-0.2, -0.15) is 0 Å². The minimum absolute atomic E-state index is 0.109. The van der Waals surface area contributed by atoms with E-state index in [1.165, 1.54) is 0 Å². The lowest BCUT2D eigenvalue weighted by molar-refractivity contribution is 0.0973. The molecule has 0 bridgehead atoms. The van der Waals surface area contributed by atoms with Crippen molar-refractivity contribution in [3.05, 3.63) is 69.8 Å². The number of allylic oxidation sites excluding steroid dienone is 2. The van der Waals surface area contributed by atoms with Crippen LogP contribution in [-0.2, 0) is 0 Å². The van der Waals surface area contributed by atoms with Crippen LogP contribution in [0.4, 0.5) is 0 Å². The second kappa shape index (κ2) is 5.62. The zero-order valence-electron chi connectivity index (χ0n) is 12.8. The summed E-state index contributed by atoms with van der Waals surface area (Å²) >= 11 is 5.91. The van der Waals surface area contributed by atoms with Gasteiger partial charge in [0.25, 0.3) is 0 Å². The maximum atomic E-state index is 12.9. The number of Topliss-reactive ketones (excluding diaryl/α,β-unsaturated/α-hetero) is 1. The summed E-state index contributed by atoms with van der Waals surface area (Å²) < 4.78 is 5.29. The number of hydrogen-bond donors (Lipinski definition) is 0. The van der Waals surface area contributed by atoms with Gasteiger partial charge >= 0.3 is 0 Å². The summed E-state index contributed by atoms with van der Waals surface area (Å²) in [5, 5.41) is 0.636. The van der Waals surface area contributed by atoms with Gasteiger partial charge in [0, 0.05) is 10.6 Å². The van der Waals surface area contributed by atoms with E-state index in [0.717, 1.165) is 28.0 Å². The maximum absolute atomic E-state index is 12.9. The molecule has 22 heavy (non-hydrogen) atoms. The first kappa shape index (κ1) is 14.9. The highest BCUT2D eigenvalue weighted by atomic mass is 35.5. The smallest absolute Gasteiger partial charge is 0.174 e. The average molecular weight is 313 g/mol. The Morgan fingerprint density at radius 3 is 2.41 bits per heavy atom. The van der Waals surface area contributed by atoms with Crippen molar-refractivity contribution in [3.63, 3.8) is 0 Å². The summed E-state index contributed by atoms with van der Waals surface area (Å²) in [6.45, 7) is 4.09. The number of carbonyl (C=O) groups is 1. The molecule has 0 saturated carbocycles. The van der Waals surface area contributed by atoms with Gasteiger partial charge < -0.3 is 4.74 Å². The Morgan fingerprint density at radius 1 is 1.09 bits per heavy atom. The number of fused-ring (bicyclic) bond motifs is 1. The van der Waals surface area contributed by atoms with Crippen LogP contribution in [0.5, 0.6) is 5.75 Å². The van der Waals surface area contributed by atoms with Gasteiger partial charge in [-0.05, 0) is 66.9 Å². The summed E-state index contributed by atoms with van der Waals surface area (Å²) in [6.07, 6.45) is 0. The molecule has 0 aliphatic heterocycles. The zero-order valence-corrected chi connectivity index (χ0v) is 13.6. The number of methoxy groups -OCH3 is 1. The molecule has 112 valence electrons. The summed E-state index contributed by atoms with van der Waals surface area (Å²) in [5.41, 5.74) is 5.09. The normalized spacial score (nSPS) is 16.6. The number of hydrogen-bond acceptors (Lipinski definition) is 2.